The highest BCUT2D eigenvalue weighted by Crippen LogP contribution is 2.19. The molecule has 0 radical (unpaired) electrons. The smallest absolute Gasteiger partial charge is 0.120 e. The van der Waals surface area contributed by atoms with Crippen molar-refractivity contribution in [3.8, 4) is 0 Å². The van der Waals surface area contributed by atoms with Crippen LogP contribution in [-0.2, 0) is 4.74 Å². The quantitative estimate of drug-likeness (QED) is 0.833. The Bertz CT molecular complexity index is 291. The van der Waals surface area contributed by atoms with Gasteiger partial charge in [0.05, 0.1) is 18.4 Å². The van der Waals surface area contributed by atoms with Gasteiger partial charge in [0.25, 0.3) is 0 Å². The lowest BCUT2D eigenvalue weighted by molar-refractivity contribution is 0.0949. The average Bonchev–Trinajstić information content (AvgIpc) is 2.88. The Morgan fingerprint density at radius 1 is 1.50 bits per heavy atom. The third-order valence-corrected chi connectivity index (χ3v) is 3.14. The van der Waals surface area contributed by atoms with Crippen molar-refractivity contribution in [3.63, 3.8) is 0 Å². The first kappa shape index (κ1) is 11.7. The molecule has 1 N–H and O–H groups in total. The van der Waals surface area contributed by atoms with Gasteiger partial charge >= 0.3 is 0 Å². The minimum atomic E-state index is 0.270. The number of hydrogen-bond donors (Lipinski definition) is 1. The lowest BCUT2D eigenvalue weighted by Crippen LogP contribution is -2.31. The van der Waals surface area contributed by atoms with E-state index in [0.717, 1.165) is 18.8 Å². The standard InChI is InChI=1S/C13H21NO2/c1-10(9-12-5-3-7-15-12)14-11(2)13-6-4-8-16-13/h4,6,8,10-12,14H,3,5,7,9H2,1-2H3/t10-,11-,12+/m1/s1. The molecule has 0 bridgehead atoms. The summed E-state index contributed by atoms with van der Waals surface area (Å²) in [7, 11) is 0. The summed E-state index contributed by atoms with van der Waals surface area (Å²) in [5, 5.41) is 3.54. The van der Waals surface area contributed by atoms with Gasteiger partial charge in [0, 0.05) is 12.6 Å². The second-order valence-corrected chi connectivity index (χ2v) is 4.68. The lowest BCUT2D eigenvalue weighted by atomic mass is 10.1. The minimum absolute atomic E-state index is 0.270. The fourth-order valence-electron chi connectivity index (χ4n) is 2.34. The van der Waals surface area contributed by atoms with Crippen molar-refractivity contribution in [1.82, 2.24) is 5.32 Å². The van der Waals surface area contributed by atoms with Crippen molar-refractivity contribution in [2.75, 3.05) is 6.61 Å². The number of rotatable bonds is 5. The second kappa shape index (κ2) is 5.51. The molecule has 1 aromatic heterocycles. The van der Waals surface area contributed by atoms with Crippen LogP contribution in [0.15, 0.2) is 22.8 Å². The van der Waals surface area contributed by atoms with Gasteiger partial charge in [-0.25, -0.2) is 0 Å². The predicted molar refractivity (Wildman–Crippen MR) is 63.3 cm³/mol. The van der Waals surface area contributed by atoms with Crippen molar-refractivity contribution < 1.29 is 9.15 Å². The molecule has 0 saturated carbocycles. The molecule has 0 unspecified atom stereocenters. The van der Waals surface area contributed by atoms with Gasteiger partial charge in [-0.1, -0.05) is 0 Å². The van der Waals surface area contributed by atoms with Crippen LogP contribution in [0.25, 0.3) is 0 Å². The maximum Gasteiger partial charge on any atom is 0.120 e. The van der Waals surface area contributed by atoms with Crippen LogP contribution in [0.1, 0.15) is 44.9 Å². The van der Waals surface area contributed by atoms with Gasteiger partial charge in [0.1, 0.15) is 5.76 Å². The van der Waals surface area contributed by atoms with Gasteiger partial charge in [-0.3, -0.25) is 0 Å². The average molecular weight is 223 g/mol. The van der Waals surface area contributed by atoms with E-state index in [0.29, 0.717) is 12.1 Å². The van der Waals surface area contributed by atoms with Crippen molar-refractivity contribution >= 4 is 0 Å². The fourth-order valence-corrected chi connectivity index (χ4v) is 2.34. The zero-order valence-corrected chi connectivity index (χ0v) is 10.1. The summed E-state index contributed by atoms with van der Waals surface area (Å²) in [6, 6.07) is 4.67. The Labute approximate surface area is 97.2 Å². The van der Waals surface area contributed by atoms with Gasteiger partial charge in [-0.05, 0) is 45.2 Å². The first-order valence-electron chi connectivity index (χ1n) is 6.17. The molecule has 2 rings (SSSR count). The molecule has 0 aromatic carbocycles. The van der Waals surface area contributed by atoms with E-state index in [-0.39, 0.29) is 6.04 Å². The topological polar surface area (TPSA) is 34.4 Å². The number of furan rings is 1. The lowest BCUT2D eigenvalue weighted by Gasteiger charge is -2.21. The van der Waals surface area contributed by atoms with Crippen LogP contribution in [0.2, 0.25) is 0 Å². The molecule has 3 atom stereocenters. The first-order valence-corrected chi connectivity index (χ1v) is 6.17. The largest absolute Gasteiger partial charge is 0.468 e. The Morgan fingerprint density at radius 3 is 3.00 bits per heavy atom. The molecule has 0 aliphatic carbocycles. The summed E-state index contributed by atoms with van der Waals surface area (Å²) in [6.45, 7) is 5.27. The van der Waals surface area contributed by atoms with E-state index in [4.69, 9.17) is 9.15 Å². The molecule has 1 aliphatic heterocycles. The van der Waals surface area contributed by atoms with E-state index >= 15 is 0 Å². The fraction of sp³-hybridized carbons (Fsp3) is 0.692. The summed E-state index contributed by atoms with van der Waals surface area (Å²) in [6.07, 6.45) is 5.68. The van der Waals surface area contributed by atoms with Crippen LogP contribution in [0.5, 0.6) is 0 Å². The third-order valence-electron chi connectivity index (χ3n) is 3.14. The first-order chi connectivity index (χ1) is 7.75. The Kier molecular flexibility index (Phi) is 4.02. The van der Waals surface area contributed by atoms with Crippen molar-refractivity contribution in [1.29, 1.82) is 0 Å². The molecular weight excluding hydrogens is 202 g/mol. The number of ether oxygens (including phenoxy) is 1. The second-order valence-electron chi connectivity index (χ2n) is 4.68. The van der Waals surface area contributed by atoms with Crippen LogP contribution in [0.3, 0.4) is 0 Å². The molecule has 3 heteroatoms. The van der Waals surface area contributed by atoms with E-state index in [2.05, 4.69) is 19.2 Å². The SMILES string of the molecule is C[C@H](C[C@@H]1CCCO1)N[C@H](C)c1ccco1. The van der Waals surface area contributed by atoms with Crippen LogP contribution in [0.4, 0.5) is 0 Å². The maximum atomic E-state index is 5.63. The van der Waals surface area contributed by atoms with Gasteiger partial charge in [0.15, 0.2) is 0 Å². The summed E-state index contributed by atoms with van der Waals surface area (Å²) in [5.41, 5.74) is 0. The van der Waals surface area contributed by atoms with E-state index < -0.39 is 0 Å². The molecule has 1 saturated heterocycles. The minimum Gasteiger partial charge on any atom is -0.468 e. The molecule has 3 nitrogen and oxygen atoms in total. The Balaban J connectivity index is 1.75. The molecule has 0 amide bonds. The van der Waals surface area contributed by atoms with E-state index in [1.54, 1.807) is 6.26 Å². The molecule has 2 heterocycles. The van der Waals surface area contributed by atoms with E-state index in [1.807, 2.05) is 12.1 Å². The summed E-state index contributed by atoms with van der Waals surface area (Å²) in [4.78, 5) is 0. The van der Waals surface area contributed by atoms with Crippen molar-refractivity contribution in [2.24, 2.45) is 0 Å². The van der Waals surface area contributed by atoms with Crippen molar-refractivity contribution in [3.05, 3.63) is 24.2 Å². The highest BCUT2D eigenvalue weighted by Gasteiger charge is 2.20. The molecule has 0 spiro atoms. The monoisotopic (exact) mass is 223 g/mol. The summed E-state index contributed by atoms with van der Waals surface area (Å²) < 4.78 is 11.0. The normalized spacial score (nSPS) is 24.5. The number of hydrogen-bond acceptors (Lipinski definition) is 3. The van der Waals surface area contributed by atoms with Crippen LogP contribution < -0.4 is 5.32 Å². The van der Waals surface area contributed by atoms with Gasteiger partial charge in [0.2, 0.25) is 0 Å². The molecule has 1 aliphatic rings. The van der Waals surface area contributed by atoms with Gasteiger partial charge in [-0.2, -0.15) is 0 Å². The maximum absolute atomic E-state index is 5.63. The zero-order chi connectivity index (χ0) is 11.4. The third kappa shape index (κ3) is 3.09. The number of nitrogens with one attached hydrogen (secondary N) is 1. The Morgan fingerprint density at radius 2 is 2.38 bits per heavy atom. The summed E-state index contributed by atoms with van der Waals surface area (Å²) >= 11 is 0. The van der Waals surface area contributed by atoms with Crippen molar-refractivity contribution in [2.45, 2.75) is 51.3 Å². The highest BCUT2D eigenvalue weighted by molar-refractivity contribution is 5.03. The van der Waals surface area contributed by atoms with E-state index in [9.17, 15) is 0 Å². The zero-order valence-electron chi connectivity index (χ0n) is 10.1. The Hall–Kier alpha value is -0.800. The van der Waals surface area contributed by atoms with Gasteiger partial charge < -0.3 is 14.5 Å². The van der Waals surface area contributed by atoms with Gasteiger partial charge in [-0.15, -0.1) is 0 Å². The summed E-state index contributed by atoms with van der Waals surface area (Å²) in [5.74, 6) is 0.999. The highest BCUT2D eigenvalue weighted by atomic mass is 16.5. The molecule has 1 fully saturated rings. The molecule has 1 aromatic rings. The van der Waals surface area contributed by atoms with Crippen LogP contribution in [0, 0.1) is 0 Å². The molecule has 90 valence electrons. The van der Waals surface area contributed by atoms with E-state index in [1.165, 1.54) is 12.8 Å². The van der Waals surface area contributed by atoms with Crippen LogP contribution in [-0.4, -0.2) is 18.8 Å². The predicted octanol–water partition coefficient (Wildman–Crippen LogP) is 2.89. The molecule has 16 heavy (non-hydrogen) atoms. The molecular formula is C13H21NO2. The van der Waals surface area contributed by atoms with Crippen LogP contribution >= 0.6 is 0 Å².